The summed E-state index contributed by atoms with van der Waals surface area (Å²) in [5.74, 6) is -1.27. The van der Waals surface area contributed by atoms with Crippen LogP contribution in [0.1, 0.15) is 43.8 Å². The minimum absolute atomic E-state index is 0.0207. The van der Waals surface area contributed by atoms with Crippen LogP contribution < -0.4 is 10.9 Å². The topological polar surface area (TPSA) is 170 Å². The molecule has 3 rings (SSSR count). The third-order valence-electron chi connectivity index (χ3n) is 5.24. The molecule has 0 aliphatic rings. The van der Waals surface area contributed by atoms with Crippen molar-refractivity contribution in [3.05, 3.63) is 52.6 Å². The first kappa shape index (κ1) is 29.9. The summed E-state index contributed by atoms with van der Waals surface area (Å²) in [7, 11) is -1.23. The number of carbonyl (C=O) groups is 2. The van der Waals surface area contributed by atoms with Crippen molar-refractivity contribution in [3.63, 3.8) is 0 Å². The van der Waals surface area contributed by atoms with Gasteiger partial charge in [0.1, 0.15) is 6.61 Å². The highest BCUT2D eigenvalue weighted by Gasteiger charge is 2.24. The maximum Gasteiger partial charge on any atom is 0.338 e. The number of fused-ring (bicyclic) bond motifs is 1. The number of aromatic nitrogens is 4. The molecule has 0 spiro atoms. The Balaban J connectivity index is 1.83. The van der Waals surface area contributed by atoms with Gasteiger partial charge in [-0.2, -0.15) is 10.2 Å². The van der Waals surface area contributed by atoms with E-state index in [2.05, 4.69) is 20.3 Å². The third-order valence-corrected chi connectivity index (χ3v) is 6.30. The van der Waals surface area contributed by atoms with Crippen molar-refractivity contribution in [2.24, 2.45) is 5.92 Å². The number of imidazole rings is 1. The van der Waals surface area contributed by atoms with Crippen molar-refractivity contribution in [1.82, 2.24) is 19.5 Å². The lowest BCUT2D eigenvalue weighted by molar-refractivity contribution is -0.118. The smallest absolute Gasteiger partial charge is 0.338 e. The lowest BCUT2D eigenvalue weighted by atomic mass is 10.2. The van der Waals surface area contributed by atoms with Crippen molar-refractivity contribution in [1.29, 1.82) is 5.26 Å². The second kappa shape index (κ2) is 14.5. The zero-order valence-corrected chi connectivity index (χ0v) is 23.0. The molecular weight excluding hydrogens is 527 g/mol. The van der Waals surface area contributed by atoms with Crippen LogP contribution in [0.25, 0.3) is 11.2 Å². The number of aromatic amines is 1. The summed E-state index contributed by atoms with van der Waals surface area (Å²) >= 11 is 0. The van der Waals surface area contributed by atoms with E-state index >= 15 is 0 Å². The molecule has 3 aromatic rings. The molecule has 0 fully saturated rings. The van der Waals surface area contributed by atoms with E-state index in [1.165, 1.54) is 10.9 Å². The summed E-state index contributed by atoms with van der Waals surface area (Å²) in [6.07, 6.45) is 0.171. The lowest BCUT2D eigenvalue weighted by Crippen LogP contribution is -2.27. The molecule has 1 amide bonds. The molecular formula is C25H31N6O7P. The number of hydrogen-bond acceptors (Lipinski definition) is 10. The fraction of sp³-hybridized carbons (Fsp3) is 0.440. The number of H-pyrrole nitrogens is 1. The largest absolute Gasteiger partial charge is 0.457 e. The summed E-state index contributed by atoms with van der Waals surface area (Å²) in [6.45, 7) is 7.13. The van der Waals surface area contributed by atoms with Gasteiger partial charge in [0.05, 0.1) is 43.7 Å². The van der Waals surface area contributed by atoms with Gasteiger partial charge >= 0.3 is 5.97 Å². The number of nitriles is 1. The van der Waals surface area contributed by atoms with E-state index < -0.39 is 32.2 Å². The average molecular weight is 559 g/mol. The molecule has 39 heavy (non-hydrogen) atoms. The van der Waals surface area contributed by atoms with Gasteiger partial charge in [-0.05, 0) is 19.1 Å². The number of nitrogens with zero attached hydrogens (tertiary/aromatic N) is 4. The van der Waals surface area contributed by atoms with E-state index in [0.29, 0.717) is 5.56 Å². The van der Waals surface area contributed by atoms with Gasteiger partial charge in [0, 0.05) is 12.6 Å². The maximum absolute atomic E-state index is 12.6. The van der Waals surface area contributed by atoms with Gasteiger partial charge in [-0.15, -0.1) is 0 Å². The zero-order chi connectivity index (χ0) is 28.4. The molecule has 3 atom stereocenters. The Hall–Kier alpha value is -3.69. The van der Waals surface area contributed by atoms with Crippen LogP contribution in [0.3, 0.4) is 0 Å². The number of anilines is 1. The number of carbonyl (C=O) groups excluding carboxylic acids is 2. The zero-order valence-electron chi connectivity index (χ0n) is 22.1. The van der Waals surface area contributed by atoms with Crippen molar-refractivity contribution < 1.29 is 28.1 Å². The molecule has 14 heteroatoms. The predicted octanol–water partition coefficient (Wildman–Crippen LogP) is 3.36. The number of ether oxygens (including phenoxy) is 2. The Morgan fingerprint density at radius 1 is 1.18 bits per heavy atom. The lowest BCUT2D eigenvalue weighted by Gasteiger charge is -2.24. The fourth-order valence-corrected chi connectivity index (χ4v) is 4.06. The molecule has 13 nitrogen and oxygen atoms in total. The summed E-state index contributed by atoms with van der Waals surface area (Å²) in [5, 5.41) is 11.2. The van der Waals surface area contributed by atoms with Crippen LogP contribution in [-0.4, -0.2) is 64.0 Å². The standard InChI is InChI=1S/C25H31N6O7P/c1-16(2)22(32)29-25-28-21-20(23(33)30-25)27-15-31(21)19(14-35-24(34)18-9-6-5-7-10-18)38-17(3)13-37-39(4)36-12-8-11-26/h5-7,9-10,15-17,19H,8,12-14H2,1-4H3,(H2,28,29,30,32,33)/t17-,19-,39?/m1/s1. The molecule has 0 aliphatic heterocycles. The Bertz CT molecular complexity index is 1350. The highest BCUT2D eigenvalue weighted by molar-refractivity contribution is 7.46. The van der Waals surface area contributed by atoms with E-state index in [1.807, 2.05) is 6.07 Å². The normalized spacial score (nSPS) is 13.5. The number of nitrogens with one attached hydrogen (secondary N) is 2. The van der Waals surface area contributed by atoms with Crippen molar-refractivity contribution in [2.45, 2.75) is 39.5 Å². The molecule has 0 radical (unpaired) electrons. The maximum atomic E-state index is 12.6. The first-order valence-corrected chi connectivity index (χ1v) is 13.8. The summed E-state index contributed by atoms with van der Waals surface area (Å²) < 4.78 is 24.3. The Morgan fingerprint density at radius 3 is 2.62 bits per heavy atom. The van der Waals surface area contributed by atoms with Gasteiger partial charge in [-0.3, -0.25) is 24.5 Å². The highest BCUT2D eigenvalue weighted by Crippen LogP contribution is 2.34. The van der Waals surface area contributed by atoms with E-state index in [0.717, 1.165) is 0 Å². The monoisotopic (exact) mass is 558 g/mol. The van der Waals surface area contributed by atoms with Crippen LogP contribution in [0.15, 0.2) is 41.5 Å². The fourth-order valence-electron chi connectivity index (χ4n) is 3.22. The SMILES string of the molecule is CC(C)C(=O)Nc1nc2c(ncn2[C@@H](COC(=O)c2ccccc2)O[C@H](C)COP(C)OCCC#N)c(=O)[nH]1. The molecule has 2 heterocycles. The summed E-state index contributed by atoms with van der Waals surface area (Å²) in [5.41, 5.74) is -0.0421. The second-order valence-electron chi connectivity index (χ2n) is 8.73. The van der Waals surface area contributed by atoms with Crippen LogP contribution in [0.2, 0.25) is 0 Å². The van der Waals surface area contributed by atoms with Crippen molar-refractivity contribution in [3.8, 4) is 6.07 Å². The summed E-state index contributed by atoms with van der Waals surface area (Å²) in [4.78, 5) is 48.5. The number of rotatable bonds is 14. The van der Waals surface area contributed by atoms with Crippen LogP contribution in [0.5, 0.6) is 0 Å². The Kier molecular flexibility index (Phi) is 11.1. The van der Waals surface area contributed by atoms with Crippen LogP contribution in [-0.2, 0) is 23.3 Å². The van der Waals surface area contributed by atoms with Gasteiger partial charge in [0.25, 0.3) is 5.56 Å². The van der Waals surface area contributed by atoms with Gasteiger partial charge in [-0.25, -0.2) is 9.78 Å². The van der Waals surface area contributed by atoms with Gasteiger partial charge in [0.15, 0.2) is 25.8 Å². The van der Waals surface area contributed by atoms with Crippen LogP contribution in [0, 0.1) is 17.2 Å². The van der Waals surface area contributed by atoms with Crippen molar-refractivity contribution >= 4 is 37.4 Å². The molecule has 0 aliphatic carbocycles. The Morgan fingerprint density at radius 2 is 1.92 bits per heavy atom. The van der Waals surface area contributed by atoms with E-state index in [4.69, 9.17) is 23.8 Å². The average Bonchev–Trinajstić information content (AvgIpc) is 3.34. The summed E-state index contributed by atoms with van der Waals surface area (Å²) in [6, 6.07) is 10.5. The highest BCUT2D eigenvalue weighted by atomic mass is 31.2. The molecule has 0 saturated carbocycles. The van der Waals surface area contributed by atoms with E-state index in [9.17, 15) is 14.4 Å². The minimum Gasteiger partial charge on any atom is -0.457 e. The van der Waals surface area contributed by atoms with Crippen molar-refractivity contribution in [2.75, 3.05) is 31.8 Å². The van der Waals surface area contributed by atoms with Crippen LogP contribution >= 0.6 is 8.38 Å². The van der Waals surface area contributed by atoms with Gasteiger partial charge in [0.2, 0.25) is 11.9 Å². The molecule has 0 bridgehead atoms. The second-order valence-corrected chi connectivity index (χ2v) is 10.1. The molecule has 2 aromatic heterocycles. The Labute approximate surface area is 226 Å². The first-order valence-electron chi connectivity index (χ1n) is 12.2. The van der Waals surface area contributed by atoms with Gasteiger partial charge in [-0.1, -0.05) is 32.0 Å². The number of hydrogen-bond donors (Lipinski definition) is 2. The van der Waals surface area contributed by atoms with E-state index in [-0.39, 0.29) is 55.2 Å². The molecule has 1 unspecified atom stereocenters. The number of amides is 1. The predicted molar refractivity (Wildman–Crippen MR) is 143 cm³/mol. The third kappa shape index (κ3) is 8.66. The first-order chi connectivity index (χ1) is 18.7. The molecule has 2 N–H and O–H groups in total. The molecule has 0 saturated heterocycles. The number of esters is 1. The van der Waals surface area contributed by atoms with E-state index in [1.54, 1.807) is 57.8 Å². The molecule has 208 valence electrons. The quantitative estimate of drug-likeness (QED) is 0.170. The van der Waals surface area contributed by atoms with Crippen LogP contribution in [0.4, 0.5) is 5.95 Å². The molecule has 1 aromatic carbocycles. The minimum atomic E-state index is -1.23. The van der Waals surface area contributed by atoms with Gasteiger partial charge < -0.3 is 18.5 Å². The number of benzene rings is 1.